The summed E-state index contributed by atoms with van der Waals surface area (Å²) in [7, 11) is 0. The molecule has 2 aromatic heterocycles. The first kappa shape index (κ1) is 14.2. The summed E-state index contributed by atoms with van der Waals surface area (Å²) < 4.78 is 0. The Labute approximate surface area is 125 Å². The van der Waals surface area contributed by atoms with Crippen LogP contribution in [0.1, 0.15) is 37.0 Å². The SMILES string of the molecule is CCc1nc(C)cc2nc(C)nc(N3CCCC(O)C3)c12. The van der Waals surface area contributed by atoms with Gasteiger partial charge in [-0.3, -0.25) is 4.98 Å². The van der Waals surface area contributed by atoms with Crippen LogP contribution in [-0.4, -0.2) is 39.3 Å². The molecule has 0 spiro atoms. The summed E-state index contributed by atoms with van der Waals surface area (Å²) in [4.78, 5) is 16.1. The summed E-state index contributed by atoms with van der Waals surface area (Å²) in [6.45, 7) is 7.60. The smallest absolute Gasteiger partial charge is 0.142 e. The molecule has 1 fully saturated rings. The maximum Gasteiger partial charge on any atom is 0.142 e. The molecule has 0 radical (unpaired) electrons. The van der Waals surface area contributed by atoms with Gasteiger partial charge in [0.05, 0.1) is 22.7 Å². The van der Waals surface area contributed by atoms with Crippen LogP contribution in [0.25, 0.3) is 10.9 Å². The fourth-order valence-corrected chi connectivity index (χ4v) is 3.09. The Morgan fingerprint density at radius 1 is 1.29 bits per heavy atom. The van der Waals surface area contributed by atoms with Crippen molar-refractivity contribution < 1.29 is 5.11 Å². The third kappa shape index (κ3) is 2.70. The number of aryl methyl sites for hydroxylation is 3. The van der Waals surface area contributed by atoms with Gasteiger partial charge in [0.25, 0.3) is 0 Å². The number of fused-ring (bicyclic) bond motifs is 1. The molecule has 0 aromatic carbocycles. The zero-order valence-electron chi connectivity index (χ0n) is 12.9. The third-order valence-corrected chi connectivity index (χ3v) is 4.01. The largest absolute Gasteiger partial charge is 0.391 e. The van der Waals surface area contributed by atoms with Crippen LogP contribution in [0.3, 0.4) is 0 Å². The molecule has 5 nitrogen and oxygen atoms in total. The lowest BCUT2D eigenvalue weighted by Crippen LogP contribution is -2.39. The predicted molar refractivity (Wildman–Crippen MR) is 83.6 cm³/mol. The molecule has 112 valence electrons. The van der Waals surface area contributed by atoms with Crippen molar-refractivity contribution in [3.8, 4) is 0 Å². The number of aliphatic hydroxyl groups excluding tert-OH is 1. The van der Waals surface area contributed by atoms with Gasteiger partial charge >= 0.3 is 0 Å². The summed E-state index contributed by atoms with van der Waals surface area (Å²) in [6.07, 6.45) is 2.45. The van der Waals surface area contributed by atoms with E-state index in [9.17, 15) is 5.11 Å². The van der Waals surface area contributed by atoms with E-state index in [0.29, 0.717) is 6.54 Å². The predicted octanol–water partition coefficient (Wildman–Crippen LogP) is 2.17. The Balaban J connectivity index is 2.20. The van der Waals surface area contributed by atoms with Crippen molar-refractivity contribution in [2.45, 2.75) is 46.1 Å². The first-order valence-corrected chi connectivity index (χ1v) is 7.66. The molecule has 1 unspecified atom stereocenters. The number of rotatable bonds is 2. The third-order valence-electron chi connectivity index (χ3n) is 4.01. The molecule has 0 aliphatic carbocycles. The van der Waals surface area contributed by atoms with Crippen LogP contribution in [0.2, 0.25) is 0 Å². The molecule has 5 heteroatoms. The van der Waals surface area contributed by atoms with Crippen LogP contribution in [0.5, 0.6) is 0 Å². The fraction of sp³-hybridized carbons (Fsp3) is 0.562. The Bertz CT molecular complexity index is 666. The van der Waals surface area contributed by atoms with Crippen molar-refractivity contribution in [1.82, 2.24) is 15.0 Å². The van der Waals surface area contributed by atoms with Gasteiger partial charge in [-0.25, -0.2) is 9.97 Å². The molecular weight excluding hydrogens is 264 g/mol. The summed E-state index contributed by atoms with van der Waals surface area (Å²) in [6, 6.07) is 2.02. The number of hydrogen-bond acceptors (Lipinski definition) is 5. The molecule has 0 saturated carbocycles. The topological polar surface area (TPSA) is 62.1 Å². The van der Waals surface area contributed by atoms with Gasteiger partial charge in [-0.2, -0.15) is 0 Å². The van der Waals surface area contributed by atoms with Crippen LogP contribution in [0, 0.1) is 13.8 Å². The molecule has 3 rings (SSSR count). The van der Waals surface area contributed by atoms with Crippen molar-refractivity contribution >= 4 is 16.7 Å². The van der Waals surface area contributed by atoms with Gasteiger partial charge in [-0.05, 0) is 39.2 Å². The summed E-state index contributed by atoms with van der Waals surface area (Å²) in [5.41, 5.74) is 2.99. The zero-order valence-corrected chi connectivity index (χ0v) is 12.9. The van der Waals surface area contributed by atoms with E-state index in [1.54, 1.807) is 0 Å². The minimum absolute atomic E-state index is 0.271. The normalized spacial score (nSPS) is 19.2. The Kier molecular flexibility index (Phi) is 3.76. The number of piperidine rings is 1. The molecule has 1 N–H and O–H groups in total. The lowest BCUT2D eigenvalue weighted by atomic mass is 10.1. The monoisotopic (exact) mass is 286 g/mol. The van der Waals surface area contributed by atoms with Gasteiger partial charge in [0.1, 0.15) is 11.6 Å². The molecule has 0 bridgehead atoms. The lowest BCUT2D eigenvalue weighted by molar-refractivity contribution is 0.154. The second kappa shape index (κ2) is 5.56. The first-order valence-electron chi connectivity index (χ1n) is 7.66. The number of aromatic nitrogens is 3. The van der Waals surface area contributed by atoms with Gasteiger partial charge in [-0.15, -0.1) is 0 Å². The quantitative estimate of drug-likeness (QED) is 0.916. The zero-order chi connectivity index (χ0) is 15.0. The standard InChI is InChI=1S/C16H22N4O/c1-4-13-15-14(8-10(2)17-13)18-11(3)19-16(15)20-7-5-6-12(21)9-20/h8,12,21H,4-7,9H2,1-3H3. The summed E-state index contributed by atoms with van der Waals surface area (Å²) in [5.74, 6) is 1.70. The molecular formula is C16H22N4O. The minimum atomic E-state index is -0.271. The van der Waals surface area contributed by atoms with Gasteiger partial charge in [-0.1, -0.05) is 6.92 Å². The number of aliphatic hydroxyl groups is 1. The molecule has 1 atom stereocenters. The van der Waals surface area contributed by atoms with Gasteiger partial charge < -0.3 is 10.0 Å². The highest BCUT2D eigenvalue weighted by Crippen LogP contribution is 2.29. The fourth-order valence-electron chi connectivity index (χ4n) is 3.09. The van der Waals surface area contributed by atoms with Crippen LogP contribution in [-0.2, 0) is 6.42 Å². The van der Waals surface area contributed by atoms with E-state index in [1.165, 1.54) is 0 Å². The van der Waals surface area contributed by atoms with Crippen molar-refractivity contribution in [2.24, 2.45) is 0 Å². The minimum Gasteiger partial charge on any atom is -0.391 e. The van der Waals surface area contributed by atoms with E-state index in [-0.39, 0.29) is 6.10 Å². The maximum absolute atomic E-state index is 9.95. The van der Waals surface area contributed by atoms with Gasteiger partial charge in [0.2, 0.25) is 0 Å². The number of anilines is 1. The summed E-state index contributed by atoms with van der Waals surface area (Å²) in [5, 5.41) is 11.0. The molecule has 2 aromatic rings. The van der Waals surface area contributed by atoms with E-state index in [0.717, 1.165) is 59.7 Å². The molecule has 3 heterocycles. The van der Waals surface area contributed by atoms with Crippen molar-refractivity contribution in [2.75, 3.05) is 18.0 Å². The second-order valence-electron chi connectivity index (χ2n) is 5.79. The highest BCUT2D eigenvalue weighted by Gasteiger charge is 2.22. The van der Waals surface area contributed by atoms with Crippen molar-refractivity contribution in [1.29, 1.82) is 0 Å². The molecule has 21 heavy (non-hydrogen) atoms. The average Bonchev–Trinajstić information content (AvgIpc) is 2.45. The number of pyridine rings is 1. The van der Waals surface area contributed by atoms with Crippen LogP contribution in [0.15, 0.2) is 6.07 Å². The van der Waals surface area contributed by atoms with E-state index in [1.807, 2.05) is 19.9 Å². The molecule has 1 aliphatic rings. The number of hydrogen-bond donors (Lipinski definition) is 1. The van der Waals surface area contributed by atoms with Crippen LogP contribution in [0.4, 0.5) is 5.82 Å². The first-order chi connectivity index (χ1) is 10.1. The van der Waals surface area contributed by atoms with Gasteiger partial charge in [0.15, 0.2) is 0 Å². The Morgan fingerprint density at radius 2 is 2.10 bits per heavy atom. The Morgan fingerprint density at radius 3 is 2.81 bits per heavy atom. The van der Waals surface area contributed by atoms with Crippen molar-refractivity contribution in [3.05, 3.63) is 23.3 Å². The van der Waals surface area contributed by atoms with E-state index < -0.39 is 0 Å². The van der Waals surface area contributed by atoms with Crippen LogP contribution < -0.4 is 4.90 Å². The Hall–Kier alpha value is -1.75. The molecule has 1 saturated heterocycles. The number of nitrogens with zero attached hydrogens (tertiary/aromatic N) is 4. The van der Waals surface area contributed by atoms with Gasteiger partial charge in [0, 0.05) is 18.8 Å². The molecule has 0 amide bonds. The highest BCUT2D eigenvalue weighted by molar-refractivity contribution is 5.92. The van der Waals surface area contributed by atoms with E-state index in [4.69, 9.17) is 0 Å². The maximum atomic E-state index is 9.95. The van der Waals surface area contributed by atoms with Crippen LogP contribution >= 0.6 is 0 Å². The second-order valence-corrected chi connectivity index (χ2v) is 5.79. The van der Waals surface area contributed by atoms with E-state index >= 15 is 0 Å². The average molecular weight is 286 g/mol. The van der Waals surface area contributed by atoms with E-state index in [2.05, 4.69) is 26.8 Å². The lowest BCUT2D eigenvalue weighted by Gasteiger charge is -2.32. The van der Waals surface area contributed by atoms with Crippen molar-refractivity contribution in [3.63, 3.8) is 0 Å². The highest BCUT2D eigenvalue weighted by atomic mass is 16.3. The summed E-state index contributed by atoms with van der Waals surface area (Å²) >= 11 is 0. The number of β-amino-alcohol motifs (C(OH)–C–C–N with tert-alkyl or cyclic N) is 1. The molecule has 1 aliphatic heterocycles.